The van der Waals surface area contributed by atoms with Crippen molar-refractivity contribution < 1.29 is 19.2 Å². The van der Waals surface area contributed by atoms with Crippen LogP contribution < -0.4 is 5.32 Å². The van der Waals surface area contributed by atoms with E-state index in [1.807, 2.05) is 0 Å². The third kappa shape index (κ3) is 4.46. The molecule has 0 aliphatic carbocycles. The molecule has 32 heavy (non-hydrogen) atoms. The summed E-state index contributed by atoms with van der Waals surface area (Å²) in [5, 5.41) is 19.6. The van der Waals surface area contributed by atoms with Crippen molar-refractivity contribution in [3.63, 3.8) is 0 Å². The van der Waals surface area contributed by atoms with Crippen LogP contribution in [0.4, 0.5) is 10.7 Å². The van der Waals surface area contributed by atoms with Crippen LogP contribution in [0.15, 0.2) is 65.8 Å². The fourth-order valence-electron chi connectivity index (χ4n) is 2.96. The number of carbonyl (C=O) groups is 2. The number of halogens is 1. The van der Waals surface area contributed by atoms with Crippen LogP contribution in [-0.4, -0.2) is 27.6 Å². The molecule has 0 radical (unpaired) electrons. The maximum absolute atomic E-state index is 12.4. The molecule has 1 N–H and O–H groups in total. The molecule has 9 nitrogen and oxygen atoms in total. The predicted molar refractivity (Wildman–Crippen MR) is 120 cm³/mol. The van der Waals surface area contributed by atoms with Crippen molar-refractivity contribution in [3.8, 4) is 0 Å². The lowest BCUT2D eigenvalue weighted by atomic mass is 10.1. The highest BCUT2D eigenvalue weighted by molar-refractivity contribution is 7.17. The number of carbonyl (C=O) groups excluding carboxylic acids is 2. The molecule has 2 heterocycles. The zero-order valence-electron chi connectivity index (χ0n) is 16.5. The molecular weight excluding hydrogens is 456 g/mol. The second-order valence-electron chi connectivity index (χ2n) is 6.72. The maximum atomic E-state index is 12.4. The molecular formula is C21H15ClN4O5S. The normalized spacial score (nSPS) is 15.1. The smallest absolute Gasteiger partial charge is 0.324 e. The molecule has 3 aromatic rings. The van der Waals surface area contributed by atoms with E-state index in [1.54, 1.807) is 48.5 Å². The van der Waals surface area contributed by atoms with Crippen LogP contribution in [-0.2, 0) is 9.53 Å². The highest BCUT2D eigenvalue weighted by Crippen LogP contribution is 2.34. The number of hydrazone groups is 1. The average molecular weight is 471 g/mol. The summed E-state index contributed by atoms with van der Waals surface area (Å²) in [4.78, 5) is 35.3. The van der Waals surface area contributed by atoms with Crippen LogP contribution in [0.5, 0.6) is 0 Å². The van der Waals surface area contributed by atoms with Crippen LogP contribution in [0.2, 0.25) is 5.02 Å². The van der Waals surface area contributed by atoms with Crippen LogP contribution in [0.1, 0.15) is 34.0 Å². The number of hydrogen-bond donors (Lipinski definition) is 1. The zero-order chi connectivity index (χ0) is 22.8. The van der Waals surface area contributed by atoms with Crippen molar-refractivity contribution >= 4 is 51.3 Å². The number of amides is 2. The third-order valence-corrected chi connectivity index (χ3v) is 5.79. The number of hydrogen-bond acceptors (Lipinski definition) is 7. The molecule has 2 aromatic carbocycles. The van der Waals surface area contributed by atoms with Gasteiger partial charge in [0.25, 0.3) is 11.8 Å². The molecule has 1 atom stereocenters. The lowest BCUT2D eigenvalue weighted by Crippen LogP contribution is -2.25. The Kier molecular flexibility index (Phi) is 5.89. The van der Waals surface area contributed by atoms with E-state index >= 15 is 0 Å². The summed E-state index contributed by atoms with van der Waals surface area (Å²) in [6, 6.07) is 16.2. The lowest BCUT2D eigenvalue weighted by Gasteiger charge is -2.19. The fraction of sp³-hybridized carbons (Fsp3) is 0.0952. The number of nitro groups is 1. The summed E-state index contributed by atoms with van der Waals surface area (Å²) in [6.07, 6.45) is -0.829. The molecule has 4 rings (SSSR count). The molecule has 0 bridgehead atoms. The minimum atomic E-state index is -0.829. The monoisotopic (exact) mass is 470 g/mol. The minimum Gasteiger partial charge on any atom is -0.445 e. The summed E-state index contributed by atoms with van der Waals surface area (Å²) in [5.74, 6) is -0.513. The van der Waals surface area contributed by atoms with Gasteiger partial charge in [0.1, 0.15) is 0 Å². The Labute approximate surface area is 191 Å². The summed E-state index contributed by atoms with van der Waals surface area (Å²) in [7, 11) is 0. The lowest BCUT2D eigenvalue weighted by molar-refractivity contribution is -0.380. The number of thiophene rings is 1. The number of nitrogens with zero attached hydrogens (tertiary/aromatic N) is 3. The standard InChI is InChI=1S/C21H15ClN4O5S/c1-12(27)25-21(31-20(24-25)17-10-11-18(32-17)26(29)30)14-4-8-16(9-5-14)23-19(28)13-2-6-15(22)7-3-13/h2-11,21H,1H3,(H,23,28)/t21-/m1/s1. The highest BCUT2D eigenvalue weighted by Gasteiger charge is 2.34. The van der Waals surface area contributed by atoms with Gasteiger partial charge in [-0.2, -0.15) is 5.01 Å². The van der Waals surface area contributed by atoms with E-state index in [0.717, 1.165) is 11.3 Å². The van der Waals surface area contributed by atoms with E-state index in [0.29, 0.717) is 26.7 Å². The topological polar surface area (TPSA) is 114 Å². The first-order chi connectivity index (χ1) is 15.3. The van der Waals surface area contributed by atoms with E-state index in [9.17, 15) is 19.7 Å². The first-order valence-corrected chi connectivity index (χ1v) is 10.5. The second-order valence-corrected chi connectivity index (χ2v) is 8.22. The van der Waals surface area contributed by atoms with Crippen molar-refractivity contribution in [1.82, 2.24) is 5.01 Å². The van der Waals surface area contributed by atoms with Gasteiger partial charge in [0.2, 0.25) is 12.1 Å². The summed E-state index contributed by atoms with van der Waals surface area (Å²) in [5.41, 5.74) is 1.63. The van der Waals surface area contributed by atoms with Gasteiger partial charge < -0.3 is 10.1 Å². The number of rotatable bonds is 5. The minimum absolute atomic E-state index is 0.0510. The Balaban J connectivity index is 1.50. The van der Waals surface area contributed by atoms with Gasteiger partial charge in [-0.05, 0) is 42.5 Å². The Hall–Kier alpha value is -3.76. The van der Waals surface area contributed by atoms with Gasteiger partial charge in [-0.15, -0.1) is 5.10 Å². The summed E-state index contributed by atoms with van der Waals surface area (Å²) < 4.78 is 5.85. The third-order valence-electron chi connectivity index (χ3n) is 4.51. The maximum Gasteiger partial charge on any atom is 0.324 e. The molecule has 0 saturated heterocycles. The molecule has 1 aromatic heterocycles. The van der Waals surface area contributed by atoms with Gasteiger partial charge >= 0.3 is 5.00 Å². The Morgan fingerprint density at radius 3 is 2.41 bits per heavy atom. The van der Waals surface area contributed by atoms with Gasteiger partial charge in [-0.3, -0.25) is 19.7 Å². The second kappa shape index (κ2) is 8.77. The van der Waals surface area contributed by atoms with E-state index in [2.05, 4.69) is 10.4 Å². The van der Waals surface area contributed by atoms with E-state index in [1.165, 1.54) is 24.1 Å². The fourth-order valence-corrected chi connectivity index (χ4v) is 3.83. The van der Waals surface area contributed by atoms with Crippen molar-refractivity contribution in [2.45, 2.75) is 13.2 Å². The van der Waals surface area contributed by atoms with Crippen molar-refractivity contribution in [2.24, 2.45) is 5.10 Å². The van der Waals surface area contributed by atoms with Crippen LogP contribution >= 0.6 is 22.9 Å². The van der Waals surface area contributed by atoms with Crippen molar-refractivity contribution in [1.29, 1.82) is 0 Å². The molecule has 162 valence electrons. The zero-order valence-corrected chi connectivity index (χ0v) is 18.1. The summed E-state index contributed by atoms with van der Waals surface area (Å²) >= 11 is 6.75. The van der Waals surface area contributed by atoms with Gasteiger partial charge in [0.05, 0.1) is 9.80 Å². The molecule has 0 spiro atoms. The van der Waals surface area contributed by atoms with E-state index in [-0.39, 0.29) is 22.7 Å². The van der Waals surface area contributed by atoms with Crippen LogP contribution in [0.3, 0.4) is 0 Å². The Morgan fingerprint density at radius 2 is 1.81 bits per heavy atom. The Morgan fingerprint density at radius 1 is 1.12 bits per heavy atom. The molecule has 0 fully saturated rings. The predicted octanol–water partition coefficient (Wildman–Crippen LogP) is 4.80. The average Bonchev–Trinajstić information content (AvgIpc) is 3.42. The molecule has 1 aliphatic rings. The number of nitrogens with one attached hydrogen (secondary N) is 1. The van der Waals surface area contributed by atoms with Gasteiger partial charge in [0.15, 0.2) is 0 Å². The molecule has 2 amide bonds. The van der Waals surface area contributed by atoms with Crippen LogP contribution in [0.25, 0.3) is 0 Å². The molecule has 11 heteroatoms. The Bertz CT molecular complexity index is 1220. The van der Waals surface area contributed by atoms with Crippen molar-refractivity contribution in [3.05, 3.63) is 91.8 Å². The SMILES string of the molecule is CC(=O)N1N=C(c2ccc([N+](=O)[O-])s2)O[C@@H]1c1ccc(NC(=O)c2ccc(Cl)cc2)cc1. The summed E-state index contributed by atoms with van der Waals surface area (Å²) in [6.45, 7) is 1.35. The molecule has 0 unspecified atom stereocenters. The van der Waals surface area contributed by atoms with Crippen LogP contribution in [0, 0.1) is 10.1 Å². The van der Waals surface area contributed by atoms with E-state index in [4.69, 9.17) is 16.3 Å². The van der Waals surface area contributed by atoms with Gasteiger partial charge in [0, 0.05) is 34.8 Å². The number of benzene rings is 2. The quantitative estimate of drug-likeness (QED) is 0.425. The number of anilines is 1. The van der Waals surface area contributed by atoms with Gasteiger partial charge in [-0.25, -0.2) is 0 Å². The first kappa shape index (κ1) is 21.5. The first-order valence-electron chi connectivity index (χ1n) is 9.28. The molecule has 1 aliphatic heterocycles. The highest BCUT2D eigenvalue weighted by atomic mass is 35.5. The van der Waals surface area contributed by atoms with Gasteiger partial charge in [-0.1, -0.05) is 35.1 Å². The number of ether oxygens (including phenoxy) is 1. The molecule has 0 saturated carbocycles. The van der Waals surface area contributed by atoms with Crippen molar-refractivity contribution in [2.75, 3.05) is 5.32 Å². The largest absolute Gasteiger partial charge is 0.445 e. The van der Waals surface area contributed by atoms with E-state index < -0.39 is 11.2 Å².